The third-order valence-electron chi connectivity index (χ3n) is 9.15. The summed E-state index contributed by atoms with van der Waals surface area (Å²) in [5.41, 5.74) is 3.69. The normalized spacial score (nSPS) is 10.3. The molecule has 0 aliphatic rings. The highest BCUT2D eigenvalue weighted by Gasteiger charge is 2.14. The van der Waals surface area contributed by atoms with Crippen molar-refractivity contribution in [3.8, 4) is 11.1 Å². The van der Waals surface area contributed by atoms with Crippen molar-refractivity contribution in [3.05, 3.63) is 205 Å². The number of aromatic carboxylic acids is 2. The lowest BCUT2D eigenvalue weighted by atomic mass is 10.1. The number of carboxylic acid groups (broad SMARTS) is 2. The van der Waals surface area contributed by atoms with Crippen molar-refractivity contribution < 1.29 is 38.5 Å². The SMILES string of the molecule is C[n+]1ccc(-c2cc[n+](C)cc2)cc1.O=C([O-])c1ccccc1C(=O)Nc1cccc2ccccc12.O=C([O-])c1ccccc1C(=O)Nc1cccc2ccccc12. The van der Waals surface area contributed by atoms with Gasteiger partial charge in [0, 0.05) is 68.7 Å². The zero-order valence-corrected chi connectivity index (χ0v) is 31.7. The van der Waals surface area contributed by atoms with Gasteiger partial charge in [0.15, 0.2) is 24.8 Å². The minimum atomic E-state index is -1.37. The van der Waals surface area contributed by atoms with Gasteiger partial charge in [-0.15, -0.1) is 0 Å². The first-order valence-electron chi connectivity index (χ1n) is 18.2. The lowest BCUT2D eigenvalue weighted by Crippen LogP contribution is -2.26. The average Bonchev–Trinajstić information content (AvgIpc) is 3.25. The van der Waals surface area contributed by atoms with Crippen LogP contribution in [0.4, 0.5) is 11.4 Å². The van der Waals surface area contributed by atoms with E-state index in [1.54, 1.807) is 36.4 Å². The van der Waals surface area contributed by atoms with Gasteiger partial charge in [0.2, 0.25) is 0 Å². The highest BCUT2D eigenvalue weighted by molar-refractivity contribution is 6.14. The Morgan fingerprint density at radius 3 is 1.07 bits per heavy atom. The van der Waals surface area contributed by atoms with E-state index in [0.717, 1.165) is 21.5 Å². The van der Waals surface area contributed by atoms with E-state index in [2.05, 4.69) is 59.7 Å². The van der Waals surface area contributed by atoms with Gasteiger partial charge in [-0.3, -0.25) is 9.59 Å². The van der Waals surface area contributed by atoms with Crippen molar-refractivity contribution >= 4 is 56.7 Å². The summed E-state index contributed by atoms with van der Waals surface area (Å²) >= 11 is 0. The number of pyridine rings is 2. The van der Waals surface area contributed by atoms with Crippen LogP contribution in [0.2, 0.25) is 0 Å². The molecule has 58 heavy (non-hydrogen) atoms. The molecule has 2 N–H and O–H groups in total. The predicted molar refractivity (Wildman–Crippen MR) is 220 cm³/mol. The summed E-state index contributed by atoms with van der Waals surface area (Å²) in [6.07, 6.45) is 8.23. The Kier molecular flexibility index (Phi) is 12.7. The van der Waals surface area contributed by atoms with E-state index in [1.165, 1.54) is 35.4 Å². The van der Waals surface area contributed by atoms with Gasteiger partial charge in [0.25, 0.3) is 11.8 Å². The van der Waals surface area contributed by atoms with Gasteiger partial charge in [-0.1, -0.05) is 109 Å². The predicted octanol–water partition coefficient (Wildman–Crippen LogP) is 5.91. The minimum Gasteiger partial charge on any atom is -0.545 e. The lowest BCUT2D eigenvalue weighted by Gasteiger charge is -2.12. The summed E-state index contributed by atoms with van der Waals surface area (Å²) in [7, 11) is 4.05. The summed E-state index contributed by atoms with van der Waals surface area (Å²) in [6.45, 7) is 0. The molecule has 0 saturated carbocycles. The molecule has 0 aliphatic carbocycles. The fourth-order valence-electron chi connectivity index (χ4n) is 6.15. The number of nitrogens with one attached hydrogen (secondary N) is 2. The van der Waals surface area contributed by atoms with Crippen LogP contribution in [0.5, 0.6) is 0 Å². The van der Waals surface area contributed by atoms with Gasteiger partial charge in [0.05, 0.1) is 11.9 Å². The molecule has 10 nitrogen and oxygen atoms in total. The molecule has 0 aliphatic heterocycles. The number of carbonyl (C=O) groups is 4. The summed E-state index contributed by atoms with van der Waals surface area (Å²) in [5, 5.41) is 31.5. The quantitative estimate of drug-likeness (QED) is 0.193. The van der Waals surface area contributed by atoms with Crippen LogP contribution in [-0.4, -0.2) is 23.8 Å². The second-order valence-electron chi connectivity index (χ2n) is 13.1. The molecule has 0 radical (unpaired) electrons. The molecular formula is C48H38N4O6. The van der Waals surface area contributed by atoms with Crippen LogP contribution in [0.15, 0.2) is 183 Å². The van der Waals surface area contributed by atoms with Crippen LogP contribution < -0.4 is 30.0 Å². The van der Waals surface area contributed by atoms with Crippen LogP contribution in [-0.2, 0) is 14.1 Å². The molecule has 8 aromatic rings. The number of rotatable bonds is 7. The number of aromatic nitrogens is 2. The first kappa shape index (κ1) is 39.7. The van der Waals surface area contributed by atoms with Gasteiger partial charge in [-0.05, 0) is 46.2 Å². The Morgan fingerprint density at radius 2 is 0.707 bits per heavy atom. The second-order valence-corrected chi connectivity index (χ2v) is 13.1. The second kappa shape index (κ2) is 18.6. The Hall–Kier alpha value is -7.98. The van der Waals surface area contributed by atoms with Gasteiger partial charge in [-0.2, -0.15) is 0 Å². The van der Waals surface area contributed by atoms with Gasteiger partial charge in [-0.25, -0.2) is 9.13 Å². The van der Waals surface area contributed by atoms with Crippen molar-refractivity contribution in [3.63, 3.8) is 0 Å². The third kappa shape index (κ3) is 9.81. The van der Waals surface area contributed by atoms with E-state index >= 15 is 0 Å². The van der Waals surface area contributed by atoms with Crippen molar-refractivity contribution in [2.75, 3.05) is 10.6 Å². The zero-order chi connectivity index (χ0) is 41.0. The van der Waals surface area contributed by atoms with E-state index in [4.69, 9.17) is 0 Å². The molecule has 0 saturated heterocycles. The van der Waals surface area contributed by atoms with Crippen molar-refractivity contribution in [2.45, 2.75) is 0 Å². The van der Waals surface area contributed by atoms with Gasteiger partial charge in [0.1, 0.15) is 14.1 Å². The largest absolute Gasteiger partial charge is 0.545 e. The number of aryl methyl sites for hydroxylation is 2. The Bertz CT molecular complexity index is 2550. The fraction of sp³-hybridized carbons (Fsp3) is 0.0417. The zero-order valence-electron chi connectivity index (χ0n) is 31.7. The Balaban J connectivity index is 0.000000151. The summed E-state index contributed by atoms with van der Waals surface area (Å²) < 4.78 is 4.07. The average molecular weight is 767 g/mol. The van der Waals surface area contributed by atoms with E-state index in [-0.39, 0.29) is 22.3 Å². The van der Waals surface area contributed by atoms with E-state index in [1.807, 2.05) is 96.0 Å². The monoisotopic (exact) mass is 766 g/mol. The van der Waals surface area contributed by atoms with E-state index in [0.29, 0.717) is 11.4 Å². The number of hydrogen-bond acceptors (Lipinski definition) is 6. The molecule has 0 spiro atoms. The first-order valence-corrected chi connectivity index (χ1v) is 18.2. The summed E-state index contributed by atoms with van der Waals surface area (Å²) in [6, 6.07) is 46.9. The number of amides is 2. The topological polar surface area (TPSA) is 146 Å². The summed E-state index contributed by atoms with van der Waals surface area (Å²) in [5.74, 6) is -3.69. The van der Waals surface area contributed by atoms with Crippen LogP contribution in [0.3, 0.4) is 0 Å². The molecule has 2 heterocycles. The van der Waals surface area contributed by atoms with E-state index in [9.17, 15) is 29.4 Å². The molecule has 8 rings (SSSR count). The standard InChI is InChI=1S/2C18H13NO3.C12H14N2/c2*20-17(14-9-3-4-10-15(14)18(21)22)19-16-11-5-7-12-6-1-2-8-13(12)16;1-13-7-3-11(4-8-13)12-5-9-14(2)10-6-12/h2*1-11H,(H,19,20)(H,21,22);3-10H,1-2H3/q;;+2/p-2. The molecule has 0 bridgehead atoms. The highest BCUT2D eigenvalue weighted by Crippen LogP contribution is 2.25. The summed E-state index contributed by atoms with van der Waals surface area (Å²) in [4.78, 5) is 47.0. The smallest absolute Gasteiger partial charge is 0.256 e. The molecule has 0 atom stereocenters. The maximum Gasteiger partial charge on any atom is 0.256 e. The van der Waals surface area contributed by atoms with E-state index < -0.39 is 23.8 Å². The molecule has 6 aromatic carbocycles. The van der Waals surface area contributed by atoms with Crippen molar-refractivity contribution in [2.24, 2.45) is 14.1 Å². The van der Waals surface area contributed by atoms with Crippen molar-refractivity contribution in [1.82, 2.24) is 0 Å². The molecule has 0 fully saturated rings. The maximum absolute atomic E-state index is 12.4. The molecule has 10 heteroatoms. The molecule has 2 amide bonds. The lowest BCUT2D eigenvalue weighted by molar-refractivity contribution is -0.671. The Labute approximate surface area is 334 Å². The highest BCUT2D eigenvalue weighted by atomic mass is 16.4. The van der Waals surface area contributed by atoms with Crippen LogP contribution in [0.1, 0.15) is 41.4 Å². The number of nitrogens with zero attached hydrogens (tertiary/aromatic N) is 2. The number of anilines is 2. The van der Waals surface area contributed by atoms with Crippen molar-refractivity contribution in [1.29, 1.82) is 0 Å². The fourth-order valence-corrected chi connectivity index (χ4v) is 6.15. The number of carbonyl (C=O) groups excluding carboxylic acids is 4. The van der Waals surface area contributed by atoms with Crippen LogP contribution in [0.25, 0.3) is 32.7 Å². The maximum atomic E-state index is 12.4. The molecule has 2 aromatic heterocycles. The van der Waals surface area contributed by atoms with Crippen LogP contribution in [0, 0.1) is 0 Å². The number of fused-ring (bicyclic) bond motifs is 2. The number of hydrogen-bond donors (Lipinski definition) is 2. The first-order chi connectivity index (χ1) is 28.1. The Morgan fingerprint density at radius 1 is 0.397 bits per heavy atom. The minimum absolute atomic E-state index is 0.0791. The van der Waals surface area contributed by atoms with Gasteiger partial charge < -0.3 is 30.4 Å². The molecule has 0 unspecified atom stereocenters. The van der Waals surface area contributed by atoms with Gasteiger partial charge >= 0.3 is 0 Å². The number of carboxylic acids is 2. The third-order valence-corrected chi connectivity index (χ3v) is 9.15. The number of benzene rings is 6. The molecule has 286 valence electrons. The van der Waals surface area contributed by atoms with Crippen LogP contribution >= 0.6 is 0 Å². The molecular weight excluding hydrogens is 729 g/mol.